The molecule has 20 heavy (non-hydrogen) atoms. The molecule has 5 heteroatoms. The summed E-state index contributed by atoms with van der Waals surface area (Å²) >= 11 is 0. The van der Waals surface area contributed by atoms with Crippen molar-refractivity contribution in [2.45, 2.75) is 31.9 Å². The quantitative estimate of drug-likeness (QED) is 0.911. The molecule has 1 fully saturated rings. The molecular formula is C15H18N2O3. The van der Waals surface area contributed by atoms with Gasteiger partial charge in [0.05, 0.1) is 19.1 Å². The molecule has 5 nitrogen and oxygen atoms in total. The summed E-state index contributed by atoms with van der Waals surface area (Å²) in [4.78, 5) is 24.7. The van der Waals surface area contributed by atoms with Gasteiger partial charge in [-0.2, -0.15) is 0 Å². The number of fused-ring (bicyclic) bond motifs is 1. The van der Waals surface area contributed by atoms with Gasteiger partial charge < -0.3 is 10.1 Å². The molecule has 0 bridgehead atoms. The Labute approximate surface area is 117 Å². The van der Waals surface area contributed by atoms with Crippen LogP contribution >= 0.6 is 0 Å². The molecule has 1 aromatic rings. The lowest BCUT2D eigenvalue weighted by Gasteiger charge is -2.22. The Hall–Kier alpha value is -2.04. The molecule has 0 aromatic heterocycles. The molecule has 1 N–H and O–H groups in total. The van der Waals surface area contributed by atoms with Crippen LogP contribution in [-0.2, 0) is 16.0 Å². The summed E-state index contributed by atoms with van der Waals surface area (Å²) in [7, 11) is 0. The zero-order valence-electron chi connectivity index (χ0n) is 11.5. The number of ether oxygens (including phenoxy) is 1. The number of carbonyl (C=O) groups excluding carboxylic acids is 2. The molecule has 0 saturated carbocycles. The number of aryl methyl sites for hydroxylation is 1. The van der Waals surface area contributed by atoms with Gasteiger partial charge in [-0.1, -0.05) is 24.3 Å². The van der Waals surface area contributed by atoms with Crippen molar-refractivity contribution >= 4 is 12.0 Å². The molecule has 2 atom stereocenters. The van der Waals surface area contributed by atoms with Crippen LogP contribution in [0, 0.1) is 0 Å². The van der Waals surface area contributed by atoms with Crippen molar-refractivity contribution in [2.24, 2.45) is 0 Å². The third-order valence-corrected chi connectivity index (χ3v) is 3.96. The van der Waals surface area contributed by atoms with Gasteiger partial charge in [-0.15, -0.1) is 0 Å². The summed E-state index contributed by atoms with van der Waals surface area (Å²) in [5.41, 5.74) is 2.54. The SMILES string of the molecule is CC(=O)NCC1CN(C2CCc3ccccc32)C(=O)O1. The maximum absolute atomic E-state index is 12.0. The molecular weight excluding hydrogens is 256 g/mol. The van der Waals surface area contributed by atoms with Gasteiger partial charge in [0.25, 0.3) is 0 Å². The van der Waals surface area contributed by atoms with Crippen molar-refractivity contribution in [3.63, 3.8) is 0 Å². The van der Waals surface area contributed by atoms with E-state index in [1.54, 1.807) is 4.90 Å². The van der Waals surface area contributed by atoms with Crippen LogP contribution in [0.25, 0.3) is 0 Å². The number of carbonyl (C=O) groups is 2. The molecule has 0 spiro atoms. The fraction of sp³-hybridized carbons (Fsp3) is 0.467. The Bertz CT molecular complexity index is 544. The Morgan fingerprint density at radius 2 is 2.25 bits per heavy atom. The highest BCUT2D eigenvalue weighted by Gasteiger charge is 2.39. The van der Waals surface area contributed by atoms with Crippen LogP contribution in [0.5, 0.6) is 0 Å². The highest BCUT2D eigenvalue weighted by Crippen LogP contribution is 2.37. The van der Waals surface area contributed by atoms with Gasteiger partial charge in [-0.05, 0) is 24.0 Å². The molecule has 1 aliphatic carbocycles. The van der Waals surface area contributed by atoms with E-state index in [4.69, 9.17) is 4.74 Å². The lowest BCUT2D eigenvalue weighted by Crippen LogP contribution is -2.34. The van der Waals surface area contributed by atoms with Gasteiger partial charge in [0.2, 0.25) is 5.91 Å². The summed E-state index contributed by atoms with van der Waals surface area (Å²) < 4.78 is 5.32. The van der Waals surface area contributed by atoms with E-state index in [2.05, 4.69) is 17.4 Å². The van der Waals surface area contributed by atoms with Crippen molar-refractivity contribution in [2.75, 3.05) is 13.1 Å². The first-order chi connectivity index (χ1) is 9.65. The zero-order valence-corrected chi connectivity index (χ0v) is 11.5. The van der Waals surface area contributed by atoms with Crippen molar-refractivity contribution < 1.29 is 14.3 Å². The molecule has 2 unspecified atom stereocenters. The van der Waals surface area contributed by atoms with Gasteiger partial charge in [0, 0.05) is 6.92 Å². The Morgan fingerprint density at radius 1 is 1.45 bits per heavy atom. The molecule has 0 radical (unpaired) electrons. The van der Waals surface area contributed by atoms with E-state index in [1.807, 2.05) is 12.1 Å². The smallest absolute Gasteiger partial charge is 0.410 e. The van der Waals surface area contributed by atoms with Crippen LogP contribution in [0.15, 0.2) is 24.3 Å². The van der Waals surface area contributed by atoms with Crippen LogP contribution < -0.4 is 5.32 Å². The second-order valence-corrected chi connectivity index (χ2v) is 5.35. The second-order valence-electron chi connectivity index (χ2n) is 5.35. The molecule has 3 rings (SSSR count). The van der Waals surface area contributed by atoms with Crippen molar-refractivity contribution in [1.29, 1.82) is 0 Å². The lowest BCUT2D eigenvalue weighted by atomic mass is 10.1. The second kappa shape index (κ2) is 5.15. The first kappa shape index (κ1) is 13.0. The van der Waals surface area contributed by atoms with Crippen LogP contribution in [0.1, 0.15) is 30.5 Å². The molecule has 1 heterocycles. The van der Waals surface area contributed by atoms with E-state index in [0.29, 0.717) is 13.1 Å². The van der Waals surface area contributed by atoms with Crippen molar-refractivity contribution in [3.05, 3.63) is 35.4 Å². The third kappa shape index (κ3) is 2.35. The molecule has 1 aliphatic heterocycles. The topological polar surface area (TPSA) is 58.6 Å². The average molecular weight is 274 g/mol. The Morgan fingerprint density at radius 3 is 3.05 bits per heavy atom. The van der Waals surface area contributed by atoms with Crippen LogP contribution in [0.2, 0.25) is 0 Å². The van der Waals surface area contributed by atoms with E-state index in [9.17, 15) is 9.59 Å². The largest absolute Gasteiger partial charge is 0.442 e. The van der Waals surface area contributed by atoms with Gasteiger partial charge in [0.1, 0.15) is 6.10 Å². The summed E-state index contributed by atoms with van der Waals surface area (Å²) in [6.07, 6.45) is 1.42. The number of cyclic esters (lactones) is 1. The van der Waals surface area contributed by atoms with Gasteiger partial charge in [-0.3, -0.25) is 9.69 Å². The summed E-state index contributed by atoms with van der Waals surface area (Å²) in [6, 6.07) is 8.35. The van der Waals surface area contributed by atoms with Crippen LogP contribution in [0.3, 0.4) is 0 Å². The Kier molecular flexibility index (Phi) is 3.34. The normalized spacial score (nSPS) is 24.4. The number of nitrogens with zero attached hydrogens (tertiary/aromatic N) is 1. The fourth-order valence-electron chi connectivity index (χ4n) is 3.02. The highest BCUT2D eigenvalue weighted by atomic mass is 16.6. The minimum absolute atomic E-state index is 0.106. The molecule has 106 valence electrons. The van der Waals surface area contributed by atoms with E-state index in [-0.39, 0.29) is 24.1 Å². The van der Waals surface area contributed by atoms with E-state index < -0.39 is 0 Å². The first-order valence-electron chi connectivity index (χ1n) is 6.94. The molecule has 1 aromatic carbocycles. The monoisotopic (exact) mass is 274 g/mol. The molecule has 2 amide bonds. The fourth-order valence-corrected chi connectivity index (χ4v) is 3.02. The zero-order chi connectivity index (χ0) is 14.1. The highest BCUT2D eigenvalue weighted by molar-refractivity contribution is 5.73. The third-order valence-electron chi connectivity index (χ3n) is 3.96. The summed E-state index contributed by atoms with van der Waals surface area (Å²) in [5.74, 6) is -0.106. The summed E-state index contributed by atoms with van der Waals surface area (Å²) in [6.45, 7) is 2.38. The minimum Gasteiger partial charge on any atom is -0.442 e. The van der Waals surface area contributed by atoms with E-state index in [1.165, 1.54) is 18.1 Å². The summed E-state index contributed by atoms with van der Waals surface area (Å²) in [5, 5.41) is 2.70. The van der Waals surface area contributed by atoms with Crippen molar-refractivity contribution in [3.8, 4) is 0 Å². The maximum Gasteiger partial charge on any atom is 0.410 e. The molecule has 2 aliphatic rings. The van der Waals surface area contributed by atoms with Crippen LogP contribution in [-0.4, -0.2) is 36.1 Å². The van der Waals surface area contributed by atoms with Crippen LogP contribution in [0.4, 0.5) is 4.79 Å². The number of hydrogen-bond acceptors (Lipinski definition) is 3. The minimum atomic E-state index is -0.276. The van der Waals surface area contributed by atoms with Gasteiger partial charge in [0.15, 0.2) is 0 Å². The van der Waals surface area contributed by atoms with E-state index >= 15 is 0 Å². The molecule has 1 saturated heterocycles. The number of nitrogens with one attached hydrogen (secondary N) is 1. The van der Waals surface area contributed by atoms with Gasteiger partial charge >= 0.3 is 6.09 Å². The van der Waals surface area contributed by atoms with E-state index in [0.717, 1.165) is 12.8 Å². The average Bonchev–Trinajstić information content (AvgIpc) is 2.99. The van der Waals surface area contributed by atoms with Crippen molar-refractivity contribution in [1.82, 2.24) is 10.2 Å². The maximum atomic E-state index is 12.0. The number of hydrogen-bond donors (Lipinski definition) is 1. The first-order valence-corrected chi connectivity index (χ1v) is 6.94. The number of benzene rings is 1. The number of amides is 2. The predicted molar refractivity (Wildman–Crippen MR) is 73.2 cm³/mol. The Balaban J connectivity index is 1.70. The predicted octanol–water partition coefficient (Wildman–Crippen LogP) is 1.63. The standard InChI is InChI=1S/C15H18N2O3/c1-10(18)16-8-12-9-17(15(19)20-12)14-7-6-11-4-2-3-5-13(11)14/h2-5,12,14H,6-9H2,1H3,(H,16,18). The lowest BCUT2D eigenvalue weighted by molar-refractivity contribution is -0.119. The number of rotatable bonds is 3. The van der Waals surface area contributed by atoms with Gasteiger partial charge in [-0.25, -0.2) is 4.79 Å².